The smallest absolute Gasteiger partial charge is 0.139 e. The molecule has 0 saturated heterocycles. The monoisotopic (exact) mass is 256 g/mol. The van der Waals surface area contributed by atoms with Gasteiger partial charge in [0.15, 0.2) is 0 Å². The van der Waals surface area contributed by atoms with Crippen molar-refractivity contribution in [3.8, 4) is 0 Å². The standard InChI is InChI=1S/C15H20N4/c1-9-6-10(2)8-13(7-9)19-15-11(3)14(16-5)17-12(4)18-15/h6-8H,1-5H3,(H2,16,17,18,19). The van der Waals surface area contributed by atoms with Crippen molar-refractivity contribution in [2.75, 3.05) is 17.7 Å². The Bertz CT molecular complexity index is 585. The molecule has 0 radical (unpaired) electrons. The molecule has 1 aromatic heterocycles. The summed E-state index contributed by atoms with van der Waals surface area (Å²) in [6.07, 6.45) is 0. The van der Waals surface area contributed by atoms with E-state index in [4.69, 9.17) is 0 Å². The molecule has 2 rings (SSSR count). The minimum Gasteiger partial charge on any atom is -0.373 e. The van der Waals surface area contributed by atoms with Crippen molar-refractivity contribution in [1.29, 1.82) is 0 Å². The maximum Gasteiger partial charge on any atom is 0.139 e. The predicted molar refractivity (Wildman–Crippen MR) is 80.3 cm³/mol. The molecule has 4 heteroatoms. The van der Waals surface area contributed by atoms with Crippen molar-refractivity contribution in [3.63, 3.8) is 0 Å². The van der Waals surface area contributed by atoms with E-state index < -0.39 is 0 Å². The van der Waals surface area contributed by atoms with E-state index >= 15 is 0 Å². The molecule has 0 aliphatic rings. The Balaban J connectivity index is 2.40. The van der Waals surface area contributed by atoms with Crippen LogP contribution in [-0.2, 0) is 0 Å². The van der Waals surface area contributed by atoms with Gasteiger partial charge in [-0.15, -0.1) is 0 Å². The molecule has 0 atom stereocenters. The Kier molecular flexibility index (Phi) is 3.69. The molecule has 1 aromatic carbocycles. The summed E-state index contributed by atoms with van der Waals surface area (Å²) in [6, 6.07) is 6.38. The lowest BCUT2D eigenvalue weighted by atomic mass is 10.1. The van der Waals surface area contributed by atoms with Crippen LogP contribution in [-0.4, -0.2) is 17.0 Å². The van der Waals surface area contributed by atoms with E-state index in [9.17, 15) is 0 Å². The van der Waals surface area contributed by atoms with Gasteiger partial charge in [-0.2, -0.15) is 0 Å². The van der Waals surface area contributed by atoms with Gasteiger partial charge < -0.3 is 10.6 Å². The minimum absolute atomic E-state index is 0.752. The van der Waals surface area contributed by atoms with Crippen LogP contribution >= 0.6 is 0 Å². The Morgan fingerprint density at radius 2 is 1.42 bits per heavy atom. The number of nitrogens with zero attached hydrogens (tertiary/aromatic N) is 2. The van der Waals surface area contributed by atoms with Gasteiger partial charge in [-0.05, 0) is 51.0 Å². The zero-order valence-corrected chi connectivity index (χ0v) is 12.1. The summed E-state index contributed by atoms with van der Waals surface area (Å²) in [5.41, 5.74) is 4.55. The summed E-state index contributed by atoms with van der Waals surface area (Å²) in [5.74, 6) is 2.46. The maximum absolute atomic E-state index is 4.47. The van der Waals surface area contributed by atoms with Crippen LogP contribution in [0.1, 0.15) is 22.5 Å². The number of hydrogen-bond acceptors (Lipinski definition) is 4. The average Bonchev–Trinajstić information content (AvgIpc) is 2.32. The number of nitrogens with one attached hydrogen (secondary N) is 2. The van der Waals surface area contributed by atoms with Crippen LogP contribution in [0, 0.1) is 27.7 Å². The summed E-state index contributed by atoms with van der Waals surface area (Å²) in [6.45, 7) is 8.09. The molecule has 19 heavy (non-hydrogen) atoms. The summed E-state index contributed by atoms with van der Waals surface area (Å²) in [4.78, 5) is 8.84. The van der Waals surface area contributed by atoms with Crippen molar-refractivity contribution in [3.05, 3.63) is 40.7 Å². The zero-order valence-electron chi connectivity index (χ0n) is 12.1. The Labute approximate surface area is 114 Å². The first-order valence-electron chi connectivity index (χ1n) is 6.38. The average molecular weight is 256 g/mol. The van der Waals surface area contributed by atoms with Crippen molar-refractivity contribution >= 4 is 17.3 Å². The van der Waals surface area contributed by atoms with Crippen LogP contribution in [0.25, 0.3) is 0 Å². The van der Waals surface area contributed by atoms with Gasteiger partial charge >= 0.3 is 0 Å². The number of rotatable bonds is 3. The highest BCUT2D eigenvalue weighted by atomic mass is 15.1. The molecule has 100 valence electrons. The van der Waals surface area contributed by atoms with Crippen molar-refractivity contribution in [2.24, 2.45) is 0 Å². The first kappa shape index (κ1) is 13.3. The molecule has 1 heterocycles. The summed E-state index contributed by atoms with van der Waals surface area (Å²) in [7, 11) is 1.87. The van der Waals surface area contributed by atoms with Gasteiger partial charge in [-0.1, -0.05) is 6.07 Å². The van der Waals surface area contributed by atoms with Crippen LogP contribution in [0.3, 0.4) is 0 Å². The van der Waals surface area contributed by atoms with Gasteiger partial charge in [-0.3, -0.25) is 0 Å². The minimum atomic E-state index is 0.752. The fraction of sp³-hybridized carbons (Fsp3) is 0.333. The number of aromatic nitrogens is 2. The number of aryl methyl sites for hydroxylation is 3. The Morgan fingerprint density at radius 3 is 2.00 bits per heavy atom. The first-order valence-corrected chi connectivity index (χ1v) is 6.38. The second-order valence-corrected chi connectivity index (χ2v) is 4.84. The number of hydrogen-bond donors (Lipinski definition) is 2. The van der Waals surface area contributed by atoms with Gasteiger partial charge in [0, 0.05) is 18.3 Å². The molecule has 0 saturated carbocycles. The van der Waals surface area contributed by atoms with Gasteiger partial charge in [0.25, 0.3) is 0 Å². The fourth-order valence-corrected chi connectivity index (χ4v) is 2.18. The van der Waals surface area contributed by atoms with Crippen molar-refractivity contribution in [1.82, 2.24) is 9.97 Å². The third kappa shape index (κ3) is 3.02. The van der Waals surface area contributed by atoms with Crippen LogP contribution in [0.2, 0.25) is 0 Å². The van der Waals surface area contributed by atoms with Gasteiger partial charge in [0.2, 0.25) is 0 Å². The highest BCUT2D eigenvalue weighted by molar-refractivity contribution is 5.65. The largest absolute Gasteiger partial charge is 0.373 e. The first-order chi connectivity index (χ1) is 8.99. The third-order valence-electron chi connectivity index (χ3n) is 2.98. The van der Waals surface area contributed by atoms with Gasteiger partial charge in [0.05, 0.1) is 0 Å². The van der Waals surface area contributed by atoms with Crippen LogP contribution in [0.4, 0.5) is 17.3 Å². The molecule has 2 aromatic rings. The molecule has 0 spiro atoms. The van der Waals surface area contributed by atoms with Crippen LogP contribution < -0.4 is 10.6 Å². The molecule has 0 aliphatic heterocycles. The second-order valence-electron chi connectivity index (χ2n) is 4.84. The Hall–Kier alpha value is -2.10. The van der Waals surface area contributed by atoms with E-state index in [0.29, 0.717) is 0 Å². The topological polar surface area (TPSA) is 49.8 Å². The molecule has 4 nitrogen and oxygen atoms in total. The van der Waals surface area contributed by atoms with Gasteiger partial charge in [-0.25, -0.2) is 9.97 Å². The van der Waals surface area contributed by atoms with Crippen LogP contribution in [0.5, 0.6) is 0 Å². The van der Waals surface area contributed by atoms with Crippen LogP contribution in [0.15, 0.2) is 18.2 Å². The van der Waals surface area contributed by atoms with Crippen molar-refractivity contribution in [2.45, 2.75) is 27.7 Å². The van der Waals surface area contributed by atoms with E-state index in [0.717, 1.165) is 28.7 Å². The third-order valence-corrected chi connectivity index (χ3v) is 2.98. The highest BCUT2D eigenvalue weighted by Crippen LogP contribution is 2.24. The molecular formula is C15H20N4. The van der Waals surface area contributed by atoms with E-state index in [1.807, 2.05) is 20.9 Å². The molecular weight excluding hydrogens is 236 g/mol. The highest BCUT2D eigenvalue weighted by Gasteiger charge is 2.08. The summed E-state index contributed by atoms with van der Waals surface area (Å²) >= 11 is 0. The maximum atomic E-state index is 4.47. The normalized spacial score (nSPS) is 10.4. The summed E-state index contributed by atoms with van der Waals surface area (Å²) < 4.78 is 0. The van der Waals surface area contributed by atoms with E-state index in [2.05, 4.69) is 52.6 Å². The fourth-order valence-electron chi connectivity index (χ4n) is 2.18. The van der Waals surface area contributed by atoms with Crippen molar-refractivity contribution < 1.29 is 0 Å². The second kappa shape index (κ2) is 5.26. The Morgan fingerprint density at radius 1 is 0.842 bits per heavy atom. The van der Waals surface area contributed by atoms with E-state index in [1.54, 1.807) is 0 Å². The zero-order chi connectivity index (χ0) is 14.0. The SMILES string of the molecule is CNc1nc(C)nc(Nc2cc(C)cc(C)c2)c1C. The quantitative estimate of drug-likeness (QED) is 0.882. The number of anilines is 3. The lowest BCUT2D eigenvalue weighted by Gasteiger charge is -2.13. The molecule has 0 amide bonds. The van der Waals surface area contributed by atoms with E-state index in [-0.39, 0.29) is 0 Å². The number of benzene rings is 1. The molecule has 0 unspecified atom stereocenters. The predicted octanol–water partition coefficient (Wildman–Crippen LogP) is 3.50. The molecule has 0 fully saturated rings. The molecule has 2 N–H and O–H groups in total. The lowest BCUT2D eigenvalue weighted by molar-refractivity contribution is 1.03. The van der Waals surface area contributed by atoms with Gasteiger partial charge in [0.1, 0.15) is 17.5 Å². The summed E-state index contributed by atoms with van der Waals surface area (Å²) in [5, 5.41) is 6.47. The molecule has 0 aliphatic carbocycles. The lowest BCUT2D eigenvalue weighted by Crippen LogP contribution is -2.05. The molecule has 0 bridgehead atoms. The van der Waals surface area contributed by atoms with E-state index in [1.165, 1.54) is 11.1 Å².